The standard InChI is InChI=1S/C17H19FN2O2/c1-12(17(19)21)20-10-13-4-8-16(9-5-13)22-11-14-2-6-15(18)7-3-14/h2-9,12,20H,10-11H2,1H3,(H2,19,21). The first-order valence-electron chi connectivity index (χ1n) is 7.03. The summed E-state index contributed by atoms with van der Waals surface area (Å²) in [5.74, 6) is 0.0982. The summed E-state index contributed by atoms with van der Waals surface area (Å²) in [6.45, 7) is 2.67. The molecule has 3 N–H and O–H groups in total. The van der Waals surface area contributed by atoms with E-state index < -0.39 is 0 Å². The summed E-state index contributed by atoms with van der Waals surface area (Å²) >= 11 is 0. The van der Waals surface area contributed by atoms with Gasteiger partial charge in [0.2, 0.25) is 5.91 Å². The van der Waals surface area contributed by atoms with Crippen LogP contribution >= 0.6 is 0 Å². The fourth-order valence-corrected chi connectivity index (χ4v) is 1.82. The smallest absolute Gasteiger partial charge is 0.234 e. The second-order valence-corrected chi connectivity index (χ2v) is 5.06. The Hall–Kier alpha value is -2.40. The van der Waals surface area contributed by atoms with Crippen LogP contribution in [0.4, 0.5) is 4.39 Å². The number of carbonyl (C=O) groups excluding carboxylic acids is 1. The van der Waals surface area contributed by atoms with Crippen molar-refractivity contribution < 1.29 is 13.9 Å². The van der Waals surface area contributed by atoms with Crippen LogP contribution in [0.15, 0.2) is 48.5 Å². The van der Waals surface area contributed by atoms with Crippen LogP contribution < -0.4 is 15.8 Å². The highest BCUT2D eigenvalue weighted by molar-refractivity contribution is 5.79. The van der Waals surface area contributed by atoms with Gasteiger partial charge in [-0.25, -0.2) is 4.39 Å². The lowest BCUT2D eigenvalue weighted by Gasteiger charge is -2.11. The minimum absolute atomic E-state index is 0.259. The van der Waals surface area contributed by atoms with Crippen LogP contribution in [0, 0.1) is 5.82 Å². The fourth-order valence-electron chi connectivity index (χ4n) is 1.82. The SMILES string of the molecule is CC(NCc1ccc(OCc2ccc(F)cc2)cc1)C(N)=O. The lowest BCUT2D eigenvalue weighted by molar-refractivity contribution is -0.119. The number of benzene rings is 2. The predicted octanol–water partition coefficient (Wildman–Crippen LogP) is 2.37. The van der Waals surface area contributed by atoms with E-state index in [1.54, 1.807) is 19.1 Å². The first-order chi connectivity index (χ1) is 10.5. The average Bonchev–Trinajstić information content (AvgIpc) is 2.53. The van der Waals surface area contributed by atoms with Crippen molar-refractivity contribution in [2.45, 2.75) is 26.1 Å². The van der Waals surface area contributed by atoms with Crippen molar-refractivity contribution >= 4 is 5.91 Å². The van der Waals surface area contributed by atoms with E-state index in [1.165, 1.54) is 12.1 Å². The normalized spacial score (nSPS) is 11.9. The number of hydrogen-bond acceptors (Lipinski definition) is 3. The van der Waals surface area contributed by atoms with E-state index in [0.29, 0.717) is 13.2 Å². The number of nitrogens with two attached hydrogens (primary N) is 1. The van der Waals surface area contributed by atoms with Gasteiger partial charge in [0.05, 0.1) is 6.04 Å². The number of hydrogen-bond donors (Lipinski definition) is 2. The van der Waals surface area contributed by atoms with E-state index in [9.17, 15) is 9.18 Å². The van der Waals surface area contributed by atoms with Crippen LogP contribution in [-0.4, -0.2) is 11.9 Å². The van der Waals surface area contributed by atoms with Gasteiger partial charge in [-0.2, -0.15) is 0 Å². The number of ether oxygens (including phenoxy) is 1. The van der Waals surface area contributed by atoms with Gasteiger partial charge in [0.25, 0.3) is 0 Å². The summed E-state index contributed by atoms with van der Waals surface area (Å²) in [4.78, 5) is 10.9. The van der Waals surface area contributed by atoms with E-state index >= 15 is 0 Å². The van der Waals surface area contributed by atoms with Gasteiger partial charge in [0.15, 0.2) is 0 Å². The van der Waals surface area contributed by atoms with Gasteiger partial charge in [0, 0.05) is 6.54 Å². The van der Waals surface area contributed by atoms with E-state index in [2.05, 4.69) is 5.32 Å². The predicted molar refractivity (Wildman–Crippen MR) is 82.7 cm³/mol. The highest BCUT2D eigenvalue weighted by Crippen LogP contribution is 2.14. The third kappa shape index (κ3) is 4.86. The molecule has 0 aliphatic carbocycles. The molecule has 0 bridgehead atoms. The molecule has 116 valence electrons. The summed E-state index contributed by atoms with van der Waals surface area (Å²) in [6, 6.07) is 13.4. The molecule has 22 heavy (non-hydrogen) atoms. The Labute approximate surface area is 129 Å². The Kier molecular flexibility index (Phi) is 5.49. The molecule has 1 atom stereocenters. The Morgan fingerprint density at radius 3 is 2.32 bits per heavy atom. The third-order valence-electron chi connectivity index (χ3n) is 3.28. The summed E-state index contributed by atoms with van der Waals surface area (Å²) in [5, 5.41) is 3.03. The van der Waals surface area contributed by atoms with Gasteiger partial charge in [-0.3, -0.25) is 4.79 Å². The molecule has 2 aromatic carbocycles. The Bertz CT molecular complexity index is 612. The zero-order chi connectivity index (χ0) is 15.9. The van der Waals surface area contributed by atoms with Crippen LogP contribution in [0.3, 0.4) is 0 Å². The van der Waals surface area contributed by atoms with Crippen molar-refractivity contribution in [3.8, 4) is 5.75 Å². The first kappa shape index (κ1) is 16.0. The van der Waals surface area contributed by atoms with E-state index in [0.717, 1.165) is 16.9 Å². The number of nitrogens with one attached hydrogen (secondary N) is 1. The molecule has 0 aliphatic rings. The van der Waals surface area contributed by atoms with E-state index in [4.69, 9.17) is 10.5 Å². The largest absolute Gasteiger partial charge is 0.489 e. The van der Waals surface area contributed by atoms with Gasteiger partial charge in [-0.15, -0.1) is 0 Å². The molecule has 0 radical (unpaired) electrons. The first-order valence-corrected chi connectivity index (χ1v) is 7.03. The maximum absolute atomic E-state index is 12.8. The highest BCUT2D eigenvalue weighted by Gasteiger charge is 2.07. The molecule has 4 nitrogen and oxygen atoms in total. The molecule has 0 fully saturated rings. The van der Waals surface area contributed by atoms with Crippen molar-refractivity contribution in [1.29, 1.82) is 0 Å². The number of carbonyl (C=O) groups is 1. The zero-order valence-electron chi connectivity index (χ0n) is 12.4. The van der Waals surface area contributed by atoms with Crippen molar-refractivity contribution in [1.82, 2.24) is 5.32 Å². The molecule has 5 heteroatoms. The van der Waals surface area contributed by atoms with Gasteiger partial charge < -0.3 is 15.8 Å². The summed E-state index contributed by atoms with van der Waals surface area (Å²) in [6.07, 6.45) is 0. The third-order valence-corrected chi connectivity index (χ3v) is 3.28. The molecule has 0 spiro atoms. The molecule has 0 saturated carbocycles. The van der Waals surface area contributed by atoms with Gasteiger partial charge >= 0.3 is 0 Å². The second-order valence-electron chi connectivity index (χ2n) is 5.06. The van der Waals surface area contributed by atoms with Gasteiger partial charge in [0.1, 0.15) is 18.2 Å². The Balaban J connectivity index is 1.83. The maximum Gasteiger partial charge on any atom is 0.234 e. The molecule has 1 amide bonds. The van der Waals surface area contributed by atoms with Gasteiger partial charge in [-0.05, 0) is 42.3 Å². The summed E-state index contributed by atoms with van der Waals surface area (Å²) in [5.41, 5.74) is 7.12. The lowest BCUT2D eigenvalue weighted by Crippen LogP contribution is -2.38. The average molecular weight is 302 g/mol. The van der Waals surface area contributed by atoms with Crippen LogP contribution in [-0.2, 0) is 17.9 Å². The highest BCUT2D eigenvalue weighted by atomic mass is 19.1. The van der Waals surface area contributed by atoms with E-state index in [1.807, 2.05) is 24.3 Å². The van der Waals surface area contributed by atoms with Crippen molar-refractivity contribution in [2.75, 3.05) is 0 Å². The number of halogens is 1. The Morgan fingerprint density at radius 1 is 1.14 bits per heavy atom. The Morgan fingerprint density at radius 2 is 1.73 bits per heavy atom. The van der Waals surface area contributed by atoms with Crippen LogP contribution in [0.25, 0.3) is 0 Å². The van der Waals surface area contributed by atoms with Crippen molar-refractivity contribution in [2.24, 2.45) is 5.73 Å². The molecular formula is C17H19FN2O2. The maximum atomic E-state index is 12.8. The number of amides is 1. The zero-order valence-corrected chi connectivity index (χ0v) is 12.4. The molecule has 0 aromatic heterocycles. The van der Waals surface area contributed by atoms with Crippen molar-refractivity contribution in [3.63, 3.8) is 0 Å². The molecule has 0 aliphatic heterocycles. The molecule has 2 aromatic rings. The molecular weight excluding hydrogens is 283 g/mol. The molecule has 2 rings (SSSR count). The lowest BCUT2D eigenvalue weighted by atomic mass is 10.2. The topological polar surface area (TPSA) is 64.3 Å². The molecule has 1 unspecified atom stereocenters. The quantitative estimate of drug-likeness (QED) is 0.825. The molecule has 0 heterocycles. The second kappa shape index (κ2) is 7.56. The van der Waals surface area contributed by atoms with Crippen LogP contribution in [0.2, 0.25) is 0 Å². The van der Waals surface area contributed by atoms with E-state index in [-0.39, 0.29) is 17.8 Å². The number of rotatable bonds is 7. The minimum Gasteiger partial charge on any atom is -0.489 e. The van der Waals surface area contributed by atoms with Crippen LogP contribution in [0.1, 0.15) is 18.1 Å². The molecule has 0 saturated heterocycles. The fraction of sp³-hybridized carbons (Fsp3) is 0.235. The van der Waals surface area contributed by atoms with Crippen molar-refractivity contribution in [3.05, 3.63) is 65.5 Å². The minimum atomic E-state index is -0.376. The summed E-state index contributed by atoms with van der Waals surface area (Å²) in [7, 11) is 0. The monoisotopic (exact) mass is 302 g/mol. The van der Waals surface area contributed by atoms with Crippen LogP contribution in [0.5, 0.6) is 5.75 Å². The summed E-state index contributed by atoms with van der Waals surface area (Å²) < 4.78 is 18.4. The number of primary amides is 1. The van der Waals surface area contributed by atoms with Gasteiger partial charge in [-0.1, -0.05) is 24.3 Å².